The Morgan fingerprint density at radius 3 is 2.33 bits per heavy atom. The van der Waals surface area contributed by atoms with Crippen LogP contribution in [0.1, 0.15) is 33.3 Å². The van der Waals surface area contributed by atoms with Crippen molar-refractivity contribution in [2.24, 2.45) is 5.41 Å². The Morgan fingerprint density at radius 2 is 1.83 bits per heavy atom. The van der Waals surface area contributed by atoms with Gasteiger partial charge >= 0.3 is 0 Å². The van der Waals surface area contributed by atoms with Gasteiger partial charge in [-0.05, 0) is 36.1 Å². The molecule has 1 amide bonds. The van der Waals surface area contributed by atoms with E-state index >= 15 is 0 Å². The third kappa shape index (κ3) is 4.62. The van der Waals surface area contributed by atoms with Gasteiger partial charge in [0.2, 0.25) is 5.91 Å². The van der Waals surface area contributed by atoms with Crippen molar-refractivity contribution in [1.82, 2.24) is 5.32 Å². The van der Waals surface area contributed by atoms with Crippen LogP contribution in [0, 0.1) is 5.41 Å². The van der Waals surface area contributed by atoms with Crippen molar-refractivity contribution in [3.05, 3.63) is 35.9 Å². The second-order valence-electron chi connectivity index (χ2n) is 5.60. The number of rotatable bonds is 3. The normalized spacial score (nSPS) is 13.6. The van der Waals surface area contributed by atoms with Crippen LogP contribution >= 0.6 is 0 Å². The highest BCUT2D eigenvalue weighted by Gasteiger charge is 2.20. The molecule has 1 aromatic rings. The highest BCUT2D eigenvalue weighted by atomic mass is 16.1. The first-order valence-electron chi connectivity index (χ1n) is 6.13. The maximum atomic E-state index is 11.7. The molecule has 1 aromatic carbocycles. The molecule has 0 saturated carbocycles. The van der Waals surface area contributed by atoms with Crippen LogP contribution in [0.15, 0.2) is 30.3 Å². The first-order chi connectivity index (χ1) is 8.29. The first-order valence-corrected chi connectivity index (χ1v) is 6.13. The lowest BCUT2D eigenvalue weighted by Gasteiger charge is -2.27. The fourth-order valence-electron chi connectivity index (χ4n) is 1.26. The van der Waals surface area contributed by atoms with Crippen LogP contribution in [-0.2, 0) is 4.79 Å². The van der Waals surface area contributed by atoms with Gasteiger partial charge in [-0.1, -0.05) is 32.9 Å². The van der Waals surface area contributed by atoms with E-state index in [2.05, 4.69) is 26.1 Å². The van der Waals surface area contributed by atoms with E-state index in [4.69, 9.17) is 5.73 Å². The fourth-order valence-corrected chi connectivity index (χ4v) is 1.26. The summed E-state index contributed by atoms with van der Waals surface area (Å²) < 4.78 is 0. The monoisotopic (exact) mass is 246 g/mol. The SMILES string of the molecule is CC(NC(=O)/C=C/c1ccc(N)cc1)C(C)(C)C. The molecule has 0 aliphatic heterocycles. The standard InChI is InChI=1S/C15H22N2O/c1-11(15(2,3)4)17-14(18)10-7-12-5-8-13(16)9-6-12/h5-11H,16H2,1-4H3,(H,17,18)/b10-7+. The fraction of sp³-hybridized carbons (Fsp3) is 0.400. The summed E-state index contributed by atoms with van der Waals surface area (Å²) in [4.78, 5) is 11.7. The number of anilines is 1. The van der Waals surface area contributed by atoms with Crippen LogP contribution < -0.4 is 11.1 Å². The number of nitrogens with two attached hydrogens (primary N) is 1. The van der Waals surface area contributed by atoms with Gasteiger partial charge in [0.25, 0.3) is 0 Å². The van der Waals surface area contributed by atoms with E-state index in [1.807, 2.05) is 31.2 Å². The van der Waals surface area contributed by atoms with Gasteiger partial charge in [-0.2, -0.15) is 0 Å². The number of carbonyl (C=O) groups excluding carboxylic acids is 1. The van der Waals surface area contributed by atoms with Crippen LogP contribution in [0.5, 0.6) is 0 Å². The minimum absolute atomic E-state index is 0.0602. The zero-order chi connectivity index (χ0) is 13.8. The Hall–Kier alpha value is -1.77. The zero-order valence-electron chi connectivity index (χ0n) is 11.5. The average Bonchev–Trinajstić information content (AvgIpc) is 2.27. The Morgan fingerprint density at radius 1 is 1.28 bits per heavy atom. The summed E-state index contributed by atoms with van der Waals surface area (Å²) in [6, 6.07) is 7.52. The van der Waals surface area contributed by atoms with Crippen molar-refractivity contribution < 1.29 is 4.79 Å². The van der Waals surface area contributed by atoms with Crippen LogP contribution in [-0.4, -0.2) is 11.9 Å². The third-order valence-corrected chi connectivity index (χ3v) is 3.02. The molecule has 1 rings (SSSR count). The van der Waals surface area contributed by atoms with Gasteiger partial charge in [-0.3, -0.25) is 4.79 Å². The molecule has 3 nitrogen and oxygen atoms in total. The summed E-state index contributed by atoms with van der Waals surface area (Å²) in [5, 5.41) is 2.95. The Balaban J connectivity index is 2.57. The van der Waals surface area contributed by atoms with Crippen molar-refractivity contribution in [2.75, 3.05) is 5.73 Å². The van der Waals surface area contributed by atoms with Gasteiger partial charge in [0.1, 0.15) is 0 Å². The van der Waals surface area contributed by atoms with Crippen molar-refractivity contribution in [3.8, 4) is 0 Å². The number of carbonyl (C=O) groups is 1. The van der Waals surface area contributed by atoms with Crippen LogP contribution in [0.25, 0.3) is 6.08 Å². The predicted molar refractivity (Wildman–Crippen MR) is 76.9 cm³/mol. The lowest BCUT2D eigenvalue weighted by atomic mass is 9.88. The van der Waals surface area contributed by atoms with Crippen LogP contribution in [0.4, 0.5) is 5.69 Å². The quantitative estimate of drug-likeness (QED) is 0.636. The predicted octanol–water partition coefficient (Wildman–Crippen LogP) is 2.83. The van der Waals surface area contributed by atoms with Gasteiger partial charge < -0.3 is 11.1 Å². The van der Waals surface area contributed by atoms with Crippen molar-refractivity contribution in [2.45, 2.75) is 33.7 Å². The van der Waals surface area contributed by atoms with Crippen LogP contribution in [0.2, 0.25) is 0 Å². The summed E-state index contributed by atoms with van der Waals surface area (Å²) in [7, 11) is 0. The van der Waals surface area contributed by atoms with Gasteiger partial charge in [-0.15, -0.1) is 0 Å². The van der Waals surface area contributed by atoms with E-state index < -0.39 is 0 Å². The van der Waals surface area contributed by atoms with Crippen molar-refractivity contribution in [1.29, 1.82) is 0 Å². The number of benzene rings is 1. The molecule has 0 heterocycles. The molecule has 0 aliphatic rings. The largest absolute Gasteiger partial charge is 0.399 e. The molecule has 98 valence electrons. The lowest BCUT2D eigenvalue weighted by molar-refractivity contribution is -0.117. The molecule has 1 atom stereocenters. The average molecular weight is 246 g/mol. The molecule has 1 unspecified atom stereocenters. The maximum Gasteiger partial charge on any atom is 0.244 e. The number of nitrogens with one attached hydrogen (secondary N) is 1. The molecule has 3 heteroatoms. The summed E-state index contributed by atoms with van der Waals surface area (Å²) in [6.07, 6.45) is 3.33. The minimum Gasteiger partial charge on any atom is -0.399 e. The second kappa shape index (κ2) is 5.71. The minimum atomic E-state index is -0.0748. The second-order valence-corrected chi connectivity index (χ2v) is 5.60. The van der Waals surface area contributed by atoms with E-state index in [-0.39, 0.29) is 17.4 Å². The third-order valence-electron chi connectivity index (χ3n) is 3.02. The summed E-state index contributed by atoms with van der Waals surface area (Å²) in [5.41, 5.74) is 7.33. The summed E-state index contributed by atoms with van der Waals surface area (Å²) >= 11 is 0. The van der Waals surface area contributed by atoms with Crippen molar-refractivity contribution in [3.63, 3.8) is 0 Å². The summed E-state index contributed by atoms with van der Waals surface area (Å²) in [6.45, 7) is 8.31. The van der Waals surface area contributed by atoms with Crippen molar-refractivity contribution >= 4 is 17.7 Å². The number of nitrogen functional groups attached to an aromatic ring is 1. The lowest BCUT2D eigenvalue weighted by Crippen LogP contribution is -2.40. The van der Waals surface area contributed by atoms with Gasteiger partial charge in [0.05, 0.1) is 0 Å². The topological polar surface area (TPSA) is 55.1 Å². The van der Waals surface area contributed by atoms with Gasteiger partial charge in [0.15, 0.2) is 0 Å². The van der Waals surface area contributed by atoms with E-state index in [0.717, 1.165) is 11.3 Å². The Kier molecular flexibility index (Phi) is 4.54. The molecule has 0 saturated heterocycles. The molecule has 0 radical (unpaired) electrons. The summed E-state index contributed by atoms with van der Waals surface area (Å²) in [5.74, 6) is -0.0748. The first kappa shape index (κ1) is 14.3. The molecular weight excluding hydrogens is 224 g/mol. The van der Waals surface area contributed by atoms with Gasteiger partial charge in [-0.25, -0.2) is 0 Å². The molecule has 18 heavy (non-hydrogen) atoms. The van der Waals surface area contributed by atoms with E-state index in [1.54, 1.807) is 12.2 Å². The Labute approximate surface area is 109 Å². The van der Waals surface area contributed by atoms with Crippen LogP contribution in [0.3, 0.4) is 0 Å². The van der Waals surface area contributed by atoms with E-state index in [0.29, 0.717) is 0 Å². The number of amides is 1. The molecule has 0 bridgehead atoms. The zero-order valence-corrected chi connectivity index (χ0v) is 11.5. The highest BCUT2D eigenvalue weighted by molar-refractivity contribution is 5.91. The molecule has 3 N–H and O–H groups in total. The molecule has 0 aliphatic carbocycles. The smallest absolute Gasteiger partial charge is 0.244 e. The van der Waals surface area contributed by atoms with E-state index in [1.165, 1.54) is 0 Å². The highest BCUT2D eigenvalue weighted by Crippen LogP contribution is 2.18. The molecule has 0 aromatic heterocycles. The van der Waals surface area contributed by atoms with E-state index in [9.17, 15) is 4.79 Å². The molecule has 0 spiro atoms. The molecular formula is C15H22N2O. The Bertz CT molecular complexity index is 427. The number of hydrogen-bond acceptors (Lipinski definition) is 2. The molecule has 0 fully saturated rings. The number of hydrogen-bond donors (Lipinski definition) is 2. The maximum absolute atomic E-state index is 11.7. The van der Waals surface area contributed by atoms with Gasteiger partial charge in [0, 0.05) is 17.8 Å².